The van der Waals surface area contributed by atoms with Crippen LogP contribution in [-0.4, -0.2) is 53.0 Å². The van der Waals surface area contributed by atoms with Gasteiger partial charge in [0.15, 0.2) is 5.96 Å². The fraction of sp³-hybridized carbons (Fsp3) is 0.923. The molecule has 0 bridgehead atoms. The van der Waals surface area contributed by atoms with Crippen LogP contribution >= 0.6 is 0 Å². The van der Waals surface area contributed by atoms with E-state index in [1.807, 2.05) is 0 Å². The molecule has 2 unspecified atom stereocenters. The van der Waals surface area contributed by atoms with Gasteiger partial charge in [-0.05, 0) is 33.6 Å². The number of guanidine groups is 1. The Morgan fingerprint density at radius 3 is 2.65 bits per heavy atom. The Morgan fingerprint density at radius 1 is 1.41 bits per heavy atom. The zero-order chi connectivity index (χ0) is 12.6. The van der Waals surface area contributed by atoms with Gasteiger partial charge in [-0.15, -0.1) is 0 Å². The average Bonchev–Trinajstić information content (AvgIpc) is 2.84. The second kappa shape index (κ2) is 4.48. The molecule has 0 amide bonds. The van der Waals surface area contributed by atoms with Crippen LogP contribution in [0.2, 0.25) is 0 Å². The lowest BCUT2D eigenvalue weighted by atomic mass is 9.95. The Kier molecular flexibility index (Phi) is 3.34. The molecule has 2 N–H and O–H groups in total. The monoisotopic (exact) mass is 238 g/mol. The van der Waals surface area contributed by atoms with Crippen LogP contribution in [0.4, 0.5) is 0 Å². The third-order valence-corrected chi connectivity index (χ3v) is 4.42. The molecule has 4 heteroatoms. The zero-order valence-corrected chi connectivity index (χ0v) is 11.6. The molecule has 98 valence electrons. The van der Waals surface area contributed by atoms with Gasteiger partial charge in [0.05, 0.1) is 12.1 Å². The fourth-order valence-electron chi connectivity index (χ4n) is 3.15. The predicted molar refractivity (Wildman–Crippen MR) is 72.1 cm³/mol. The van der Waals surface area contributed by atoms with E-state index in [0.29, 0.717) is 12.1 Å². The first kappa shape index (κ1) is 12.7. The van der Waals surface area contributed by atoms with Gasteiger partial charge in [0.1, 0.15) is 0 Å². The molecule has 2 aliphatic heterocycles. The highest BCUT2D eigenvalue weighted by Gasteiger charge is 2.48. The maximum absolute atomic E-state index is 6.09. The summed E-state index contributed by atoms with van der Waals surface area (Å²) >= 11 is 0. The van der Waals surface area contributed by atoms with Gasteiger partial charge >= 0.3 is 0 Å². The zero-order valence-electron chi connectivity index (χ0n) is 11.6. The van der Waals surface area contributed by atoms with Crippen LogP contribution in [0.5, 0.6) is 0 Å². The number of hydrogen-bond acceptors (Lipinski definition) is 4. The van der Waals surface area contributed by atoms with Crippen LogP contribution in [0, 0.1) is 0 Å². The summed E-state index contributed by atoms with van der Waals surface area (Å²) in [6.07, 6.45) is 2.32. The number of aliphatic imine (C=N–C) groups is 1. The van der Waals surface area contributed by atoms with Crippen molar-refractivity contribution in [1.29, 1.82) is 0 Å². The third-order valence-electron chi connectivity index (χ3n) is 4.42. The fourth-order valence-corrected chi connectivity index (χ4v) is 3.15. The summed E-state index contributed by atoms with van der Waals surface area (Å²) in [5, 5.41) is 0. The smallest absolute Gasteiger partial charge is 0.192 e. The summed E-state index contributed by atoms with van der Waals surface area (Å²) in [7, 11) is 0. The minimum Gasteiger partial charge on any atom is -0.370 e. The van der Waals surface area contributed by atoms with E-state index < -0.39 is 0 Å². The Hall–Kier alpha value is -0.770. The van der Waals surface area contributed by atoms with Crippen LogP contribution in [0.3, 0.4) is 0 Å². The first-order valence-electron chi connectivity index (χ1n) is 6.83. The molecule has 0 aromatic rings. The third kappa shape index (κ3) is 2.03. The minimum absolute atomic E-state index is 0.184. The van der Waals surface area contributed by atoms with Gasteiger partial charge < -0.3 is 10.6 Å². The van der Waals surface area contributed by atoms with Crippen molar-refractivity contribution < 1.29 is 0 Å². The van der Waals surface area contributed by atoms with Gasteiger partial charge in [0.2, 0.25) is 0 Å². The first-order chi connectivity index (χ1) is 8.00. The highest BCUT2D eigenvalue weighted by atomic mass is 15.4. The van der Waals surface area contributed by atoms with Crippen LogP contribution in [0.15, 0.2) is 4.99 Å². The molecule has 17 heavy (non-hydrogen) atoms. The summed E-state index contributed by atoms with van der Waals surface area (Å²) in [5.74, 6) is 0.755. The largest absolute Gasteiger partial charge is 0.370 e. The van der Waals surface area contributed by atoms with Crippen LogP contribution < -0.4 is 5.73 Å². The van der Waals surface area contributed by atoms with Gasteiger partial charge in [-0.3, -0.25) is 9.89 Å². The van der Waals surface area contributed by atoms with Crippen LogP contribution in [-0.2, 0) is 0 Å². The highest BCUT2D eigenvalue weighted by molar-refractivity contribution is 5.81. The van der Waals surface area contributed by atoms with Gasteiger partial charge in [-0.1, -0.05) is 6.92 Å². The lowest BCUT2D eigenvalue weighted by Crippen LogP contribution is -2.57. The molecule has 1 spiro atoms. The first-order valence-corrected chi connectivity index (χ1v) is 6.83. The number of nitrogens with two attached hydrogens (primary N) is 1. The molecule has 0 aromatic heterocycles. The molecule has 1 fully saturated rings. The van der Waals surface area contributed by atoms with Crippen molar-refractivity contribution >= 4 is 5.96 Å². The SMILES string of the molecule is CCC(C)N1C(N)=NCC12CCN(C(C)C)C2. The van der Waals surface area contributed by atoms with Gasteiger partial charge in [0.25, 0.3) is 0 Å². The van der Waals surface area contributed by atoms with E-state index in [1.54, 1.807) is 0 Å². The van der Waals surface area contributed by atoms with E-state index in [2.05, 4.69) is 42.5 Å². The average molecular weight is 238 g/mol. The topological polar surface area (TPSA) is 44.9 Å². The molecular formula is C13H26N4. The predicted octanol–water partition coefficient (Wildman–Crippen LogP) is 1.27. The molecule has 0 saturated carbocycles. The molecular weight excluding hydrogens is 212 g/mol. The molecule has 2 rings (SSSR count). The molecule has 2 atom stereocenters. The van der Waals surface area contributed by atoms with Gasteiger partial charge in [-0.25, -0.2) is 0 Å². The van der Waals surface area contributed by atoms with E-state index in [1.165, 1.54) is 13.0 Å². The maximum atomic E-state index is 6.09. The quantitative estimate of drug-likeness (QED) is 0.805. The molecule has 0 aliphatic carbocycles. The van der Waals surface area contributed by atoms with Crippen molar-refractivity contribution in [1.82, 2.24) is 9.80 Å². The van der Waals surface area contributed by atoms with E-state index >= 15 is 0 Å². The molecule has 0 radical (unpaired) electrons. The molecule has 4 nitrogen and oxygen atoms in total. The van der Waals surface area contributed by atoms with E-state index in [4.69, 9.17) is 5.73 Å². The standard InChI is InChI=1S/C13H26N4/c1-5-11(4)17-12(14)15-8-13(17)6-7-16(9-13)10(2)3/h10-11H,5-9H2,1-4H3,(H2,14,15). The summed E-state index contributed by atoms with van der Waals surface area (Å²) in [4.78, 5) is 9.44. The van der Waals surface area contributed by atoms with Crippen molar-refractivity contribution in [2.24, 2.45) is 10.7 Å². The summed E-state index contributed by atoms with van der Waals surface area (Å²) < 4.78 is 0. The Morgan fingerprint density at radius 2 is 2.12 bits per heavy atom. The Labute approximate surface area is 105 Å². The lowest BCUT2D eigenvalue weighted by molar-refractivity contribution is 0.146. The second-order valence-electron chi connectivity index (χ2n) is 5.84. The number of nitrogens with zero attached hydrogens (tertiary/aromatic N) is 3. The molecule has 0 aromatic carbocycles. The number of hydrogen-bond donors (Lipinski definition) is 1. The van der Waals surface area contributed by atoms with E-state index in [9.17, 15) is 0 Å². The van der Waals surface area contributed by atoms with Crippen LogP contribution in [0.1, 0.15) is 40.5 Å². The Balaban J connectivity index is 2.16. The van der Waals surface area contributed by atoms with E-state index in [-0.39, 0.29) is 5.54 Å². The normalized spacial score (nSPS) is 31.6. The molecule has 2 aliphatic rings. The lowest BCUT2D eigenvalue weighted by Gasteiger charge is -2.40. The Bertz CT molecular complexity index is 313. The van der Waals surface area contributed by atoms with Crippen LogP contribution in [0.25, 0.3) is 0 Å². The second-order valence-corrected chi connectivity index (χ2v) is 5.84. The highest BCUT2D eigenvalue weighted by Crippen LogP contribution is 2.35. The number of rotatable bonds is 3. The molecule has 2 heterocycles. The summed E-state index contributed by atoms with van der Waals surface area (Å²) in [6.45, 7) is 12.2. The minimum atomic E-state index is 0.184. The number of likely N-dealkylation sites (tertiary alicyclic amines) is 1. The van der Waals surface area contributed by atoms with Crippen molar-refractivity contribution in [3.8, 4) is 0 Å². The van der Waals surface area contributed by atoms with Gasteiger partial charge in [0, 0.05) is 25.2 Å². The van der Waals surface area contributed by atoms with Crippen molar-refractivity contribution in [2.75, 3.05) is 19.6 Å². The summed E-state index contributed by atoms with van der Waals surface area (Å²) in [6, 6.07) is 1.11. The van der Waals surface area contributed by atoms with Gasteiger partial charge in [-0.2, -0.15) is 0 Å². The van der Waals surface area contributed by atoms with E-state index in [0.717, 1.165) is 25.5 Å². The van der Waals surface area contributed by atoms with Crippen molar-refractivity contribution in [3.05, 3.63) is 0 Å². The maximum Gasteiger partial charge on any atom is 0.192 e. The molecule has 1 saturated heterocycles. The summed E-state index contributed by atoms with van der Waals surface area (Å²) in [5.41, 5.74) is 6.27. The van der Waals surface area contributed by atoms with Crippen molar-refractivity contribution in [3.63, 3.8) is 0 Å². The van der Waals surface area contributed by atoms with Crippen molar-refractivity contribution in [2.45, 2.75) is 58.2 Å².